The van der Waals surface area contributed by atoms with Crippen LogP contribution in [0, 0.1) is 5.92 Å². The molecule has 1 fully saturated rings. The third-order valence-electron chi connectivity index (χ3n) is 2.83. The zero-order valence-corrected chi connectivity index (χ0v) is 11.1. The van der Waals surface area contributed by atoms with Gasteiger partial charge in [0.15, 0.2) is 9.84 Å². The average Bonchev–Trinajstić information content (AvgIpc) is 2.53. The van der Waals surface area contributed by atoms with E-state index in [1.807, 2.05) is 20.8 Å². The molecule has 0 aromatic carbocycles. The maximum atomic E-state index is 11.8. The van der Waals surface area contributed by atoms with E-state index in [9.17, 15) is 13.2 Å². The smallest absolute Gasteiger partial charge is 0.222 e. The van der Waals surface area contributed by atoms with E-state index in [0.717, 1.165) is 0 Å². The van der Waals surface area contributed by atoms with Crippen LogP contribution < -0.4 is 0 Å². The van der Waals surface area contributed by atoms with E-state index in [1.165, 1.54) is 0 Å². The number of carbonyl (C=O) groups excluding carboxylic acids is 1. The first kappa shape index (κ1) is 13.5. The van der Waals surface area contributed by atoms with Crippen LogP contribution in [0.1, 0.15) is 33.6 Å². The maximum Gasteiger partial charge on any atom is 0.222 e. The van der Waals surface area contributed by atoms with E-state index in [1.54, 1.807) is 4.90 Å². The maximum absolute atomic E-state index is 11.8. The summed E-state index contributed by atoms with van der Waals surface area (Å²) in [6, 6.07) is -0.0974. The minimum atomic E-state index is -2.91. The molecule has 4 nitrogen and oxygen atoms in total. The highest BCUT2D eigenvalue weighted by molar-refractivity contribution is 7.91. The highest BCUT2D eigenvalue weighted by atomic mass is 32.2. The predicted octanol–water partition coefficient (Wildman–Crippen LogP) is 1.07. The van der Waals surface area contributed by atoms with Crippen LogP contribution >= 0.6 is 0 Å². The van der Waals surface area contributed by atoms with Crippen LogP contribution in [0.4, 0.5) is 0 Å². The van der Waals surface area contributed by atoms with Crippen LogP contribution in [0.15, 0.2) is 0 Å². The van der Waals surface area contributed by atoms with E-state index >= 15 is 0 Å². The van der Waals surface area contributed by atoms with Gasteiger partial charge in [0.2, 0.25) is 5.91 Å². The van der Waals surface area contributed by atoms with Gasteiger partial charge in [-0.25, -0.2) is 8.42 Å². The fourth-order valence-electron chi connectivity index (χ4n) is 2.07. The van der Waals surface area contributed by atoms with Gasteiger partial charge in [-0.2, -0.15) is 0 Å². The molecule has 1 amide bonds. The molecule has 5 heteroatoms. The number of hydrogen-bond donors (Lipinski definition) is 0. The summed E-state index contributed by atoms with van der Waals surface area (Å²) >= 11 is 0. The van der Waals surface area contributed by atoms with E-state index < -0.39 is 9.84 Å². The molecule has 0 bridgehead atoms. The van der Waals surface area contributed by atoms with Gasteiger partial charge in [-0.1, -0.05) is 20.8 Å². The highest BCUT2D eigenvalue weighted by Crippen LogP contribution is 2.19. The van der Waals surface area contributed by atoms with Gasteiger partial charge in [-0.15, -0.1) is 0 Å². The molecule has 94 valence electrons. The molecule has 1 rings (SSSR count). The Hall–Kier alpha value is -0.580. The topological polar surface area (TPSA) is 54.5 Å². The fraction of sp³-hybridized carbons (Fsp3) is 0.909. The molecule has 1 unspecified atom stereocenters. The van der Waals surface area contributed by atoms with E-state index in [-0.39, 0.29) is 23.5 Å². The lowest BCUT2D eigenvalue weighted by atomic mass is 10.1. The lowest BCUT2D eigenvalue weighted by molar-refractivity contribution is -0.133. The summed E-state index contributed by atoms with van der Waals surface area (Å²) < 4.78 is 22.8. The largest absolute Gasteiger partial charge is 0.338 e. The second-order valence-corrected chi connectivity index (χ2v) is 7.08. The zero-order valence-electron chi connectivity index (χ0n) is 10.3. The SMILES string of the molecule is CCC(=O)N(CC(C)C)C1CCS(=O)(=O)C1. The molecule has 1 heterocycles. The Morgan fingerprint density at radius 1 is 1.44 bits per heavy atom. The van der Waals surface area contributed by atoms with Crippen LogP contribution in [-0.4, -0.2) is 43.3 Å². The van der Waals surface area contributed by atoms with Gasteiger partial charge >= 0.3 is 0 Å². The Kier molecular flexibility index (Phi) is 4.35. The molecule has 0 aliphatic carbocycles. The van der Waals surface area contributed by atoms with Crippen molar-refractivity contribution in [2.45, 2.75) is 39.7 Å². The van der Waals surface area contributed by atoms with Gasteiger partial charge < -0.3 is 4.90 Å². The molecule has 16 heavy (non-hydrogen) atoms. The van der Waals surface area contributed by atoms with Crippen LogP contribution in [-0.2, 0) is 14.6 Å². The first-order chi connectivity index (χ1) is 7.35. The number of carbonyl (C=O) groups is 1. The van der Waals surface area contributed by atoms with E-state index in [0.29, 0.717) is 25.3 Å². The van der Waals surface area contributed by atoms with Crippen molar-refractivity contribution in [3.63, 3.8) is 0 Å². The van der Waals surface area contributed by atoms with Crippen molar-refractivity contribution in [1.29, 1.82) is 0 Å². The predicted molar refractivity (Wildman–Crippen MR) is 63.9 cm³/mol. The van der Waals surface area contributed by atoms with Gasteiger partial charge in [0.25, 0.3) is 0 Å². The third-order valence-corrected chi connectivity index (χ3v) is 4.58. The van der Waals surface area contributed by atoms with Crippen molar-refractivity contribution in [3.05, 3.63) is 0 Å². The van der Waals surface area contributed by atoms with Gasteiger partial charge in [-0.05, 0) is 12.3 Å². The first-order valence-electron chi connectivity index (χ1n) is 5.85. The van der Waals surface area contributed by atoms with Gasteiger partial charge in [0.05, 0.1) is 11.5 Å². The Morgan fingerprint density at radius 3 is 2.44 bits per heavy atom. The second-order valence-electron chi connectivity index (χ2n) is 4.85. The molecule has 1 aliphatic rings. The van der Waals surface area contributed by atoms with Crippen molar-refractivity contribution >= 4 is 15.7 Å². The number of hydrogen-bond acceptors (Lipinski definition) is 3. The Balaban J connectivity index is 2.74. The average molecular weight is 247 g/mol. The van der Waals surface area contributed by atoms with Gasteiger partial charge in [0.1, 0.15) is 0 Å². The van der Waals surface area contributed by atoms with Crippen LogP contribution in [0.2, 0.25) is 0 Å². The second kappa shape index (κ2) is 5.17. The Labute approximate surface area is 97.9 Å². The van der Waals surface area contributed by atoms with E-state index in [4.69, 9.17) is 0 Å². The molecule has 0 N–H and O–H groups in total. The first-order valence-corrected chi connectivity index (χ1v) is 7.67. The summed E-state index contributed by atoms with van der Waals surface area (Å²) in [5.74, 6) is 0.809. The van der Waals surface area contributed by atoms with Crippen molar-refractivity contribution in [3.8, 4) is 0 Å². The molecule has 1 aliphatic heterocycles. The molecule has 1 atom stereocenters. The van der Waals surface area contributed by atoms with E-state index in [2.05, 4.69) is 0 Å². The molecule has 0 spiro atoms. The molecular weight excluding hydrogens is 226 g/mol. The van der Waals surface area contributed by atoms with Crippen molar-refractivity contribution < 1.29 is 13.2 Å². The number of amides is 1. The van der Waals surface area contributed by atoms with Crippen molar-refractivity contribution in [2.75, 3.05) is 18.1 Å². The number of sulfone groups is 1. The molecule has 0 saturated carbocycles. The summed E-state index contributed by atoms with van der Waals surface area (Å²) in [6.07, 6.45) is 1.05. The van der Waals surface area contributed by atoms with Crippen molar-refractivity contribution in [2.24, 2.45) is 5.92 Å². The van der Waals surface area contributed by atoms with Gasteiger partial charge in [0, 0.05) is 19.0 Å². The zero-order chi connectivity index (χ0) is 12.3. The highest BCUT2D eigenvalue weighted by Gasteiger charge is 2.34. The Morgan fingerprint density at radius 2 is 2.06 bits per heavy atom. The molecule has 0 aromatic heterocycles. The lowest BCUT2D eigenvalue weighted by Crippen LogP contribution is -2.42. The van der Waals surface area contributed by atoms with Gasteiger partial charge in [-0.3, -0.25) is 4.79 Å². The Bertz CT molecular complexity index is 348. The van der Waals surface area contributed by atoms with Crippen LogP contribution in [0.5, 0.6) is 0 Å². The van der Waals surface area contributed by atoms with Crippen molar-refractivity contribution in [1.82, 2.24) is 4.90 Å². The number of rotatable bonds is 4. The normalized spacial score (nSPS) is 23.6. The summed E-state index contributed by atoms with van der Waals surface area (Å²) in [5, 5.41) is 0. The quantitative estimate of drug-likeness (QED) is 0.746. The third kappa shape index (κ3) is 3.47. The minimum Gasteiger partial charge on any atom is -0.338 e. The number of nitrogens with zero attached hydrogens (tertiary/aromatic N) is 1. The summed E-state index contributed by atoms with van der Waals surface area (Å²) in [7, 11) is -2.91. The molecule has 0 aromatic rings. The molecular formula is C11H21NO3S. The summed E-state index contributed by atoms with van der Waals surface area (Å²) in [4.78, 5) is 13.5. The lowest BCUT2D eigenvalue weighted by Gasteiger charge is -2.29. The fourth-order valence-corrected chi connectivity index (χ4v) is 3.80. The summed E-state index contributed by atoms with van der Waals surface area (Å²) in [6.45, 7) is 6.56. The standard InChI is InChI=1S/C11H21NO3S/c1-4-11(13)12(7-9(2)3)10-5-6-16(14,15)8-10/h9-10H,4-8H2,1-3H3. The minimum absolute atomic E-state index is 0.0656. The molecule has 0 radical (unpaired) electrons. The molecule has 1 saturated heterocycles. The monoisotopic (exact) mass is 247 g/mol. The van der Waals surface area contributed by atoms with Crippen LogP contribution in [0.25, 0.3) is 0 Å². The summed E-state index contributed by atoms with van der Waals surface area (Å²) in [5.41, 5.74) is 0. The van der Waals surface area contributed by atoms with Crippen LogP contribution in [0.3, 0.4) is 0 Å².